The molecule has 18 heavy (non-hydrogen) atoms. The fourth-order valence-corrected chi connectivity index (χ4v) is 1.45. The number of ketones is 2. The number of carbonyl (C=O) groups is 2. The van der Waals surface area contributed by atoms with Gasteiger partial charge in [-0.2, -0.15) is 0 Å². The summed E-state index contributed by atoms with van der Waals surface area (Å²) in [5.41, 5.74) is 1.55. The number of hydrogen-bond donors (Lipinski definition) is 1. The quantitative estimate of drug-likeness (QED) is 0.453. The van der Waals surface area contributed by atoms with Crippen LogP contribution in [0.3, 0.4) is 0 Å². The molecule has 1 aliphatic carbocycles. The van der Waals surface area contributed by atoms with Gasteiger partial charge < -0.3 is 9.11 Å². The van der Waals surface area contributed by atoms with E-state index in [1.807, 2.05) is 0 Å². The van der Waals surface area contributed by atoms with Crippen LogP contribution in [0.4, 0.5) is 0 Å². The smallest absolute Gasteiger partial charge is 0.750 e. The number of hydrogen-bond acceptors (Lipinski definition) is 4. The molecular weight excluding hydrogens is 267 g/mol. The molecule has 2 rings (SSSR count). The molecular formula is C11H9NaO5S. The SMILES string of the molecule is CC1=CC(=O)c2ccccc2C1=O.O=S([O-])O.[Na+]. The summed E-state index contributed by atoms with van der Waals surface area (Å²) in [4.78, 5) is 23.0. The second-order valence-electron chi connectivity index (χ2n) is 3.28. The monoisotopic (exact) mass is 276 g/mol. The van der Waals surface area contributed by atoms with Crippen molar-refractivity contribution in [1.82, 2.24) is 0 Å². The number of allylic oxidation sites excluding steroid dienone is 2. The Hall–Kier alpha value is -0.630. The van der Waals surface area contributed by atoms with E-state index in [1.54, 1.807) is 31.2 Å². The summed E-state index contributed by atoms with van der Waals surface area (Å²) in [5.74, 6) is -0.122. The van der Waals surface area contributed by atoms with Crippen LogP contribution in [0.15, 0.2) is 35.9 Å². The molecule has 0 spiro atoms. The third-order valence-electron chi connectivity index (χ3n) is 2.14. The van der Waals surface area contributed by atoms with E-state index in [-0.39, 0.29) is 41.1 Å². The molecule has 0 aliphatic heterocycles. The average Bonchev–Trinajstić information content (AvgIpc) is 2.25. The Kier molecular flexibility index (Phi) is 7.46. The van der Waals surface area contributed by atoms with Crippen molar-refractivity contribution in [3.8, 4) is 0 Å². The third-order valence-corrected chi connectivity index (χ3v) is 2.14. The molecule has 0 heterocycles. The molecule has 1 unspecified atom stereocenters. The Morgan fingerprint density at radius 2 is 1.61 bits per heavy atom. The van der Waals surface area contributed by atoms with Crippen molar-refractivity contribution in [1.29, 1.82) is 0 Å². The first kappa shape index (κ1) is 17.4. The summed E-state index contributed by atoms with van der Waals surface area (Å²) in [6.45, 7) is 1.66. The van der Waals surface area contributed by atoms with Crippen molar-refractivity contribution < 1.29 is 52.5 Å². The first-order chi connectivity index (χ1) is 7.93. The zero-order valence-corrected chi connectivity index (χ0v) is 12.7. The fourth-order valence-electron chi connectivity index (χ4n) is 1.45. The van der Waals surface area contributed by atoms with Crippen LogP contribution in [0.25, 0.3) is 0 Å². The zero-order chi connectivity index (χ0) is 13.0. The number of carbonyl (C=O) groups excluding carboxylic acids is 2. The molecule has 1 aromatic rings. The Morgan fingerprint density at radius 1 is 1.17 bits per heavy atom. The Balaban J connectivity index is 0.000000512. The van der Waals surface area contributed by atoms with Gasteiger partial charge >= 0.3 is 29.6 Å². The van der Waals surface area contributed by atoms with Gasteiger partial charge in [-0.25, -0.2) is 4.21 Å². The van der Waals surface area contributed by atoms with Gasteiger partial charge in [0.1, 0.15) is 0 Å². The van der Waals surface area contributed by atoms with Gasteiger partial charge in [0.25, 0.3) is 0 Å². The number of benzene rings is 1. The first-order valence-electron chi connectivity index (χ1n) is 4.58. The first-order valence-corrected chi connectivity index (χ1v) is 5.61. The van der Waals surface area contributed by atoms with Crippen LogP contribution >= 0.6 is 0 Å². The van der Waals surface area contributed by atoms with Crippen LogP contribution in [-0.2, 0) is 11.4 Å². The van der Waals surface area contributed by atoms with Crippen LogP contribution in [-0.4, -0.2) is 24.9 Å². The van der Waals surface area contributed by atoms with Crippen LogP contribution in [0.1, 0.15) is 27.6 Å². The molecule has 0 amide bonds. The zero-order valence-electron chi connectivity index (χ0n) is 9.88. The van der Waals surface area contributed by atoms with E-state index < -0.39 is 11.4 Å². The van der Waals surface area contributed by atoms with Gasteiger partial charge in [-0.3, -0.25) is 9.59 Å². The van der Waals surface area contributed by atoms with E-state index in [9.17, 15) is 9.59 Å². The minimum atomic E-state index is -2.86. The topological polar surface area (TPSA) is 94.5 Å². The van der Waals surface area contributed by atoms with Gasteiger partial charge in [0.15, 0.2) is 11.6 Å². The largest absolute Gasteiger partial charge is 1.00 e. The predicted molar refractivity (Wildman–Crippen MR) is 60.4 cm³/mol. The predicted octanol–water partition coefficient (Wildman–Crippen LogP) is -1.65. The number of Topliss-reactive ketones (excluding diaryl/α,β-unsaturated/α-hetero) is 1. The minimum Gasteiger partial charge on any atom is -0.750 e. The van der Waals surface area contributed by atoms with Crippen molar-refractivity contribution in [2.75, 3.05) is 0 Å². The van der Waals surface area contributed by atoms with E-state index >= 15 is 0 Å². The molecule has 0 saturated carbocycles. The molecule has 0 radical (unpaired) electrons. The summed E-state index contributed by atoms with van der Waals surface area (Å²) in [7, 11) is 0. The maximum Gasteiger partial charge on any atom is 1.00 e. The maximum atomic E-state index is 11.5. The van der Waals surface area contributed by atoms with Crippen LogP contribution in [0.2, 0.25) is 0 Å². The van der Waals surface area contributed by atoms with Crippen molar-refractivity contribution >= 4 is 22.9 Å². The van der Waals surface area contributed by atoms with Gasteiger partial charge in [-0.05, 0) is 13.0 Å². The molecule has 0 saturated heterocycles. The number of fused-ring (bicyclic) bond motifs is 1. The van der Waals surface area contributed by atoms with E-state index in [0.717, 1.165) is 0 Å². The van der Waals surface area contributed by atoms with Gasteiger partial charge in [0.2, 0.25) is 0 Å². The summed E-state index contributed by atoms with van der Waals surface area (Å²) in [5, 5.41) is 0. The molecule has 0 bridgehead atoms. The Morgan fingerprint density at radius 3 is 2.11 bits per heavy atom. The van der Waals surface area contributed by atoms with Crippen LogP contribution in [0.5, 0.6) is 0 Å². The summed E-state index contributed by atoms with van der Waals surface area (Å²) in [6.07, 6.45) is 1.39. The Bertz CT molecular complexity index is 520. The van der Waals surface area contributed by atoms with Gasteiger partial charge in [0.05, 0.1) is 11.4 Å². The van der Waals surface area contributed by atoms with Crippen molar-refractivity contribution in [2.45, 2.75) is 6.92 Å². The van der Waals surface area contributed by atoms with Gasteiger partial charge in [0, 0.05) is 16.7 Å². The van der Waals surface area contributed by atoms with E-state index in [1.165, 1.54) is 6.08 Å². The van der Waals surface area contributed by atoms with E-state index in [0.29, 0.717) is 16.7 Å². The minimum absolute atomic E-state index is 0. The van der Waals surface area contributed by atoms with Crippen LogP contribution in [0, 0.1) is 0 Å². The summed E-state index contributed by atoms with van der Waals surface area (Å²) in [6, 6.07) is 6.89. The molecule has 5 nitrogen and oxygen atoms in total. The average molecular weight is 276 g/mol. The van der Waals surface area contributed by atoms with Crippen molar-refractivity contribution in [2.24, 2.45) is 0 Å². The fraction of sp³-hybridized carbons (Fsp3) is 0.0909. The normalized spacial score (nSPS) is 14.5. The molecule has 1 N–H and O–H groups in total. The van der Waals surface area contributed by atoms with Crippen LogP contribution < -0.4 is 29.6 Å². The summed E-state index contributed by atoms with van der Waals surface area (Å²) < 4.78 is 24.1. The molecule has 1 atom stereocenters. The second-order valence-corrected chi connectivity index (χ2v) is 3.72. The molecule has 0 fully saturated rings. The third kappa shape index (κ3) is 4.56. The van der Waals surface area contributed by atoms with E-state index in [4.69, 9.17) is 13.3 Å². The standard InChI is InChI=1S/C11H8O2.Na.H2O3S/c1-7-6-10(12)8-4-2-3-5-9(8)11(7)13;;1-4(2)3/h2-6H,1H3;;(H2,1,2,3)/q;+1;/p-1. The van der Waals surface area contributed by atoms with Gasteiger partial charge in [-0.1, -0.05) is 24.3 Å². The molecule has 0 aromatic heterocycles. The Labute approximate surface area is 129 Å². The van der Waals surface area contributed by atoms with E-state index in [2.05, 4.69) is 0 Å². The second kappa shape index (κ2) is 7.73. The number of rotatable bonds is 0. The maximum absolute atomic E-state index is 11.5. The summed E-state index contributed by atoms with van der Waals surface area (Å²) >= 11 is -2.86. The molecule has 1 aliphatic rings. The van der Waals surface area contributed by atoms with Crippen molar-refractivity contribution in [3.63, 3.8) is 0 Å². The molecule has 90 valence electrons. The van der Waals surface area contributed by atoms with Gasteiger partial charge in [-0.15, -0.1) is 0 Å². The molecule has 7 heteroatoms. The molecule has 1 aromatic carbocycles. The van der Waals surface area contributed by atoms with Crippen molar-refractivity contribution in [3.05, 3.63) is 47.0 Å².